The average Bonchev–Trinajstić information content (AvgIpc) is 2.15. The van der Waals surface area contributed by atoms with Crippen LogP contribution in [0.4, 0.5) is 5.69 Å². The van der Waals surface area contributed by atoms with Crippen molar-refractivity contribution < 1.29 is 4.79 Å². The van der Waals surface area contributed by atoms with Crippen molar-refractivity contribution in [1.82, 2.24) is 4.98 Å². The molecule has 0 saturated heterocycles. The molecule has 3 nitrogen and oxygen atoms in total. The van der Waals surface area contributed by atoms with Gasteiger partial charge in [-0.1, -0.05) is 20.8 Å². The second-order valence-corrected chi connectivity index (χ2v) is 5.02. The van der Waals surface area contributed by atoms with E-state index in [9.17, 15) is 4.79 Å². The topological polar surface area (TPSA) is 42.0 Å². The Morgan fingerprint density at radius 3 is 2.73 bits per heavy atom. The third-order valence-electron chi connectivity index (χ3n) is 2.65. The van der Waals surface area contributed by atoms with Gasteiger partial charge in [0.25, 0.3) is 0 Å². The van der Waals surface area contributed by atoms with Gasteiger partial charge in [0.1, 0.15) is 0 Å². The van der Waals surface area contributed by atoms with Crippen LogP contribution in [0.5, 0.6) is 0 Å². The zero-order valence-corrected chi connectivity index (χ0v) is 9.42. The molecular weight excluding hydrogens is 188 g/mol. The largest absolute Gasteiger partial charge is 0.324 e. The second kappa shape index (κ2) is 3.33. The van der Waals surface area contributed by atoms with E-state index in [4.69, 9.17) is 0 Å². The molecule has 1 aliphatic rings. The number of nitrogens with one attached hydrogen (secondary N) is 1. The lowest BCUT2D eigenvalue weighted by atomic mass is 9.89. The quantitative estimate of drug-likeness (QED) is 0.704. The van der Waals surface area contributed by atoms with E-state index in [0.29, 0.717) is 6.42 Å². The predicted molar refractivity (Wildman–Crippen MR) is 59.9 cm³/mol. The van der Waals surface area contributed by atoms with Crippen LogP contribution >= 0.6 is 0 Å². The Bertz CT molecular complexity index is 405. The summed E-state index contributed by atoms with van der Waals surface area (Å²) in [4.78, 5) is 15.6. The lowest BCUT2D eigenvalue weighted by Gasteiger charge is -2.22. The molecule has 80 valence electrons. The number of hydrogen-bond acceptors (Lipinski definition) is 2. The number of amides is 1. The zero-order chi connectivity index (χ0) is 11.1. The highest BCUT2D eigenvalue weighted by Gasteiger charge is 2.20. The number of aromatic nitrogens is 1. The summed E-state index contributed by atoms with van der Waals surface area (Å²) in [6.45, 7) is 6.43. The molecule has 1 aromatic heterocycles. The van der Waals surface area contributed by atoms with Crippen molar-refractivity contribution in [3.05, 3.63) is 23.5 Å². The molecule has 0 radical (unpaired) electrons. The van der Waals surface area contributed by atoms with Gasteiger partial charge >= 0.3 is 0 Å². The van der Waals surface area contributed by atoms with Gasteiger partial charge in [0.2, 0.25) is 5.91 Å². The Labute approximate surface area is 89.9 Å². The van der Waals surface area contributed by atoms with Gasteiger partial charge in [-0.3, -0.25) is 9.78 Å². The summed E-state index contributed by atoms with van der Waals surface area (Å²) in [6.07, 6.45) is 3.18. The van der Waals surface area contributed by atoms with E-state index in [1.54, 1.807) is 6.20 Å². The minimum atomic E-state index is 0.0660. The van der Waals surface area contributed by atoms with Gasteiger partial charge < -0.3 is 5.32 Å². The minimum absolute atomic E-state index is 0.0660. The molecule has 1 aromatic rings. The minimum Gasteiger partial charge on any atom is -0.324 e. The number of hydrogen-bond donors (Lipinski definition) is 1. The molecule has 0 bridgehead atoms. The summed E-state index contributed by atoms with van der Waals surface area (Å²) in [5, 5.41) is 2.84. The van der Waals surface area contributed by atoms with E-state index >= 15 is 0 Å². The molecule has 0 saturated carbocycles. The molecule has 0 aliphatic carbocycles. The van der Waals surface area contributed by atoms with Gasteiger partial charge in [-0.15, -0.1) is 0 Å². The fourth-order valence-corrected chi connectivity index (χ4v) is 1.69. The number of aryl methyl sites for hydroxylation is 1. The summed E-state index contributed by atoms with van der Waals surface area (Å²) in [5.41, 5.74) is 3.22. The van der Waals surface area contributed by atoms with Crippen molar-refractivity contribution in [2.45, 2.75) is 39.0 Å². The van der Waals surface area contributed by atoms with E-state index < -0.39 is 0 Å². The molecule has 0 spiro atoms. The molecule has 0 aromatic carbocycles. The van der Waals surface area contributed by atoms with Gasteiger partial charge in [0, 0.05) is 17.5 Å². The highest BCUT2D eigenvalue weighted by Crippen LogP contribution is 2.27. The standard InChI is InChI=1S/C12H16N2O/c1-12(2,3)10-6-8-4-5-11(15)14-9(8)7-13-10/h6-7H,4-5H2,1-3H3,(H,14,15). The fraction of sp³-hybridized carbons (Fsp3) is 0.500. The van der Waals surface area contributed by atoms with Crippen LogP contribution in [0.15, 0.2) is 12.3 Å². The molecule has 0 unspecified atom stereocenters. The Morgan fingerprint density at radius 1 is 1.33 bits per heavy atom. The van der Waals surface area contributed by atoms with Crippen molar-refractivity contribution in [3.63, 3.8) is 0 Å². The van der Waals surface area contributed by atoms with Gasteiger partial charge in [-0.25, -0.2) is 0 Å². The molecule has 1 amide bonds. The van der Waals surface area contributed by atoms with Crippen molar-refractivity contribution in [2.75, 3.05) is 5.32 Å². The number of rotatable bonds is 0. The first-order valence-corrected chi connectivity index (χ1v) is 5.26. The zero-order valence-electron chi connectivity index (χ0n) is 9.42. The van der Waals surface area contributed by atoms with Crippen molar-refractivity contribution in [1.29, 1.82) is 0 Å². The third kappa shape index (κ3) is 2.01. The summed E-state index contributed by atoms with van der Waals surface area (Å²) in [7, 11) is 0. The first kappa shape index (κ1) is 10.1. The maximum Gasteiger partial charge on any atom is 0.224 e. The van der Waals surface area contributed by atoms with E-state index in [1.807, 2.05) is 0 Å². The molecule has 3 heteroatoms. The molecule has 2 rings (SSSR count). The van der Waals surface area contributed by atoms with Gasteiger partial charge in [0.05, 0.1) is 11.9 Å². The maximum atomic E-state index is 11.2. The third-order valence-corrected chi connectivity index (χ3v) is 2.65. The normalized spacial score (nSPS) is 15.8. The van der Waals surface area contributed by atoms with Crippen LogP contribution in [0.2, 0.25) is 0 Å². The van der Waals surface area contributed by atoms with E-state index in [1.165, 1.54) is 5.56 Å². The lowest BCUT2D eigenvalue weighted by Crippen LogP contribution is -2.21. The van der Waals surface area contributed by atoms with Crippen molar-refractivity contribution in [2.24, 2.45) is 0 Å². The number of nitrogens with zero attached hydrogens (tertiary/aromatic N) is 1. The number of anilines is 1. The Morgan fingerprint density at radius 2 is 2.07 bits per heavy atom. The van der Waals surface area contributed by atoms with Crippen LogP contribution in [0.25, 0.3) is 0 Å². The van der Waals surface area contributed by atoms with Crippen molar-refractivity contribution >= 4 is 11.6 Å². The lowest BCUT2D eigenvalue weighted by molar-refractivity contribution is -0.116. The highest BCUT2D eigenvalue weighted by molar-refractivity contribution is 5.93. The molecule has 15 heavy (non-hydrogen) atoms. The number of pyridine rings is 1. The van der Waals surface area contributed by atoms with E-state index in [2.05, 4.69) is 37.1 Å². The Hall–Kier alpha value is -1.38. The first-order chi connectivity index (χ1) is 6.97. The fourth-order valence-electron chi connectivity index (χ4n) is 1.69. The number of carbonyl (C=O) groups excluding carboxylic acids is 1. The van der Waals surface area contributed by atoms with Crippen LogP contribution in [0.1, 0.15) is 38.4 Å². The molecule has 1 N–H and O–H groups in total. The smallest absolute Gasteiger partial charge is 0.224 e. The maximum absolute atomic E-state index is 11.2. The van der Waals surface area contributed by atoms with Gasteiger partial charge in [-0.2, -0.15) is 0 Å². The van der Waals surface area contributed by atoms with Crippen LogP contribution in [-0.2, 0) is 16.6 Å². The SMILES string of the molecule is CC(C)(C)c1cc2c(cn1)NC(=O)CC2. The van der Waals surface area contributed by atoms with E-state index in [0.717, 1.165) is 17.8 Å². The van der Waals surface area contributed by atoms with Crippen molar-refractivity contribution in [3.8, 4) is 0 Å². The first-order valence-electron chi connectivity index (χ1n) is 5.26. The molecule has 2 heterocycles. The Kier molecular flexibility index (Phi) is 2.25. The monoisotopic (exact) mass is 204 g/mol. The van der Waals surface area contributed by atoms with Crippen LogP contribution in [-0.4, -0.2) is 10.9 Å². The molecule has 0 atom stereocenters. The molecule has 0 fully saturated rings. The van der Waals surface area contributed by atoms with Gasteiger partial charge in [-0.05, 0) is 18.1 Å². The van der Waals surface area contributed by atoms with Crippen LogP contribution < -0.4 is 5.32 Å². The number of fused-ring (bicyclic) bond motifs is 1. The molecule has 1 aliphatic heterocycles. The van der Waals surface area contributed by atoms with Crippen LogP contribution in [0, 0.1) is 0 Å². The second-order valence-electron chi connectivity index (χ2n) is 5.02. The van der Waals surface area contributed by atoms with Gasteiger partial charge in [0.15, 0.2) is 0 Å². The summed E-state index contributed by atoms with van der Waals surface area (Å²) in [5.74, 6) is 0.0906. The van der Waals surface area contributed by atoms with E-state index in [-0.39, 0.29) is 11.3 Å². The Balaban J connectivity index is 2.39. The summed E-state index contributed by atoms with van der Waals surface area (Å²) < 4.78 is 0. The number of carbonyl (C=O) groups is 1. The summed E-state index contributed by atoms with van der Waals surface area (Å²) >= 11 is 0. The molecular formula is C12H16N2O. The highest BCUT2D eigenvalue weighted by atomic mass is 16.1. The predicted octanol–water partition coefficient (Wildman–Crippen LogP) is 2.26. The average molecular weight is 204 g/mol. The summed E-state index contributed by atoms with van der Waals surface area (Å²) in [6, 6.07) is 2.11. The van der Waals surface area contributed by atoms with Crippen LogP contribution in [0.3, 0.4) is 0 Å².